The number of benzene rings is 1. The molecule has 0 bridgehead atoms. The van der Waals surface area contributed by atoms with Crippen LogP contribution in [-0.4, -0.2) is 43.0 Å². The Morgan fingerprint density at radius 1 is 1.19 bits per heavy atom. The topological polar surface area (TPSA) is 67.9 Å². The first-order chi connectivity index (χ1) is 12.4. The number of likely N-dealkylation sites (tertiary alicyclic amines) is 1. The van der Waals surface area contributed by atoms with Gasteiger partial charge in [0.2, 0.25) is 11.8 Å². The van der Waals surface area contributed by atoms with Gasteiger partial charge in [-0.3, -0.25) is 9.59 Å². The highest BCUT2D eigenvalue weighted by molar-refractivity contribution is 5.82. The van der Waals surface area contributed by atoms with Crippen LogP contribution in [0.1, 0.15) is 51.6 Å². The smallest absolute Gasteiger partial charge is 0.225 e. The third kappa shape index (κ3) is 4.11. The Kier molecular flexibility index (Phi) is 5.39. The molecule has 1 fully saturated rings. The number of carbonyl (C=O) groups excluding carboxylic acids is 2. The van der Waals surface area contributed by atoms with Gasteiger partial charge in [-0.1, -0.05) is 26.8 Å². The van der Waals surface area contributed by atoms with E-state index in [-0.39, 0.29) is 17.9 Å². The lowest BCUT2D eigenvalue weighted by Crippen LogP contribution is -2.38. The number of hydrogen-bond donors (Lipinski definition) is 1. The number of nitrogens with zero attached hydrogens (tertiary/aromatic N) is 1. The van der Waals surface area contributed by atoms with E-state index in [1.54, 1.807) is 0 Å². The first kappa shape index (κ1) is 18.5. The predicted octanol–water partition coefficient (Wildman–Crippen LogP) is 2.67. The zero-order chi connectivity index (χ0) is 18.7. The van der Waals surface area contributed by atoms with Crippen LogP contribution >= 0.6 is 0 Å². The molecule has 1 aromatic rings. The summed E-state index contributed by atoms with van der Waals surface area (Å²) in [5.74, 6) is 1.57. The van der Waals surface area contributed by atoms with E-state index in [1.165, 1.54) is 0 Å². The number of amides is 2. The molecule has 1 N–H and O–H groups in total. The molecule has 2 amide bonds. The number of fused-ring (bicyclic) bond motifs is 1. The number of nitrogens with one attached hydrogen (secondary N) is 1. The van der Waals surface area contributed by atoms with Crippen molar-refractivity contribution in [2.45, 2.75) is 46.1 Å². The molecule has 0 aromatic heterocycles. The molecule has 1 unspecified atom stereocenters. The van der Waals surface area contributed by atoms with Crippen LogP contribution in [0.25, 0.3) is 0 Å². The quantitative estimate of drug-likeness (QED) is 0.896. The fourth-order valence-electron chi connectivity index (χ4n) is 3.37. The standard InChI is InChI=1S/C20H28N2O4/c1-20(2,3)19(24)21-9-8-18(23)22-10-4-5-15(22)14-6-7-16-17(13-14)26-12-11-25-16/h6-7,13,15H,4-5,8-12H2,1-3H3,(H,21,24). The van der Waals surface area contributed by atoms with Crippen molar-refractivity contribution in [3.05, 3.63) is 23.8 Å². The summed E-state index contributed by atoms with van der Waals surface area (Å²) in [6.07, 6.45) is 2.25. The summed E-state index contributed by atoms with van der Waals surface area (Å²) in [6.45, 7) is 7.84. The summed E-state index contributed by atoms with van der Waals surface area (Å²) in [4.78, 5) is 26.5. The van der Waals surface area contributed by atoms with Gasteiger partial charge in [0, 0.05) is 24.9 Å². The lowest BCUT2D eigenvalue weighted by molar-refractivity contribution is -0.132. The van der Waals surface area contributed by atoms with Crippen LogP contribution in [0.2, 0.25) is 0 Å². The maximum atomic E-state index is 12.7. The van der Waals surface area contributed by atoms with Gasteiger partial charge in [-0.05, 0) is 30.5 Å². The lowest BCUT2D eigenvalue weighted by Gasteiger charge is -2.27. The van der Waals surface area contributed by atoms with E-state index in [0.717, 1.165) is 36.4 Å². The van der Waals surface area contributed by atoms with Crippen LogP contribution in [0.5, 0.6) is 11.5 Å². The van der Waals surface area contributed by atoms with Crippen molar-refractivity contribution in [1.82, 2.24) is 10.2 Å². The van der Waals surface area contributed by atoms with E-state index >= 15 is 0 Å². The van der Waals surface area contributed by atoms with Crippen molar-refractivity contribution in [3.8, 4) is 11.5 Å². The molecule has 1 atom stereocenters. The summed E-state index contributed by atoms with van der Waals surface area (Å²) in [7, 11) is 0. The average Bonchev–Trinajstić information content (AvgIpc) is 3.10. The maximum absolute atomic E-state index is 12.7. The van der Waals surface area contributed by atoms with Gasteiger partial charge in [0.1, 0.15) is 13.2 Å². The Morgan fingerprint density at radius 2 is 1.92 bits per heavy atom. The van der Waals surface area contributed by atoms with Crippen molar-refractivity contribution in [2.24, 2.45) is 5.41 Å². The largest absolute Gasteiger partial charge is 0.486 e. The zero-order valence-corrected chi connectivity index (χ0v) is 15.8. The van der Waals surface area contributed by atoms with Crippen molar-refractivity contribution in [3.63, 3.8) is 0 Å². The maximum Gasteiger partial charge on any atom is 0.225 e. The molecule has 3 rings (SSSR count). The molecule has 2 aliphatic heterocycles. The molecule has 0 saturated carbocycles. The first-order valence-electron chi connectivity index (χ1n) is 9.33. The van der Waals surface area contributed by atoms with Crippen LogP contribution in [-0.2, 0) is 9.59 Å². The fraction of sp³-hybridized carbons (Fsp3) is 0.600. The number of hydrogen-bond acceptors (Lipinski definition) is 4. The molecular formula is C20H28N2O4. The SMILES string of the molecule is CC(C)(C)C(=O)NCCC(=O)N1CCCC1c1ccc2c(c1)OCCO2. The molecule has 0 radical (unpaired) electrons. The van der Waals surface area contributed by atoms with E-state index in [2.05, 4.69) is 5.32 Å². The van der Waals surface area contributed by atoms with Gasteiger partial charge in [0.25, 0.3) is 0 Å². The predicted molar refractivity (Wildman–Crippen MR) is 98.2 cm³/mol. The Balaban J connectivity index is 1.61. The minimum Gasteiger partial charge on any atom is -0.486 e. The van der Waals surface area contributed by atoms with E-state index in [0.29, 0.717) is 26.2 Å². The van der Waals surface area contributed by atoms with Crippen LogP contribution in [0.3, 0.4) is 0 Å². The van der Waals surface area contributed by atoms with Gasteiger partial charge in [0.15, 0.2) is 11.5 Å². The Labute approximate surface area is 154 Å². The Morgan fingerprint density at radius 3 is 2.65 bits per heavy atom. The molecule has 0 spiro atoms. The van der Waals surface area contributed by atoms with Crippen molar-refractivity contribution >= 4 is 11.8 Å². The Bertz CT molecular complexity index is 681. The minimum absolute atomic E-state index is 0.0323. The monoisotopic (exact) mass is 360 g/mol. The van der Waals surface area contributed by atoms with E-state index in [4.69, 9.17) is 9.47 Å². The highest BCUT2D eigenvalue weighted by atomic mass is 16.6. The average molecular weight is 360 g/mol. The Hall–Kier alpha value is -2.24. The van der Waals surface area contributed by atoms with Crippen molar-refractivity contribution < 1.29 is 19.1 Å². The molecule has 1 aromatic carbocycles. The van der Waals surface area contributed by atoms with Crippen molar-refractivity contribution in [2.75, 3.05) is 26.3 Å². The van der Waals surface area contributed by atoms with Gasteiger partial charge in [-0.15, -0.1) is 0 Å². The van der Waals surface area contributed by atoms with Gasteiger partial charge in [0.05, 0.1) is 6.04 Å². The second-order valence-electron chi connectivity index (χ2n) is 7.90. The fourth-order valence-corrected chi connectivity index (χ4v) is 3.37. The third-order valence-electron chi connectivity index (χ3n) is 4.83. The highest BCUT2D eigenvalue weighted by Gasteiger charge is 2.31. The number of rotatable bonds is 4. The molecular weight excluding hydrogens is 332 g/mol. The van der Waals surface area contributed by atoms with Gasteiger partial charge < -0.3 is 19.7 Å². The van der Waals surface area contributed by atoms with Crippen LogP contribution in [0, 0.1) is 5.41 Å². The molecule has 6 heteroatoms. The number of carbonyl (C=O) groups is 2. The zero-order valence-electron chi connectivity index (χ0n) is 15.8. The first-order valence-corrected chi connectivity index (χ1v) is 9.33. The minimum atomic E-state index is -0.440. The molecule has 6 nitrogen and oxygen atoms in total. The second-order valence-corrected chi connectivity index (χ2v) is 7.90. The lowest BCUT2D eigenvalue weighted by atomic mass is 9.96. The summed E-state index contributed by atoms with van der Waals surface area (Å²) >= 11 is 0. The van der Waals surface area contributed by atoms with Gasteiger partial charge in [-0.2, -0.15) is 0 Å². The second kappa shape index (κ2) is 7.56. The van der Waals surface area contributed by atoms with E-state index < -0.39 is 5.41 Å². The number of ether oxygens (including phenoxy) is 2. The molecule has 26 heavy (non-hydrogen) atoms. The molecule has 142 valence electrons. The molecule has 0 aliphatic carbocycles. The molecule has 2 heterocycles. The summed E-state index contributed by atoms with van der Waals surface area (Å²) < 4.78 is 11.2. The van der Waals surface area contributed by atoms with Crippen LogP contribution in [0.15, 0.2) is 18.2 Å². The van der Waals surface area contributed by atoms with Crippen molar-refractivity contribution in [1.29, 1.82) is 0 Å². The summed E-state index contributed by atoms with van der Waals surface area (Å²) in [6, 6.07) is 6.00. The summed E-state index contributed by atoms with van der Waals surface area (Å²) in [5, 5.41) is 2.85. The molecule has 1 saturated heterocycles. The van der Waals surface area contributed by atoms with Gasteiger partial charge >= 0.3 is 0 Å². The van der Waals surface area contributed by atoms with E-state index in [9.17, 15) is 9.59 Å². The third-order valence-corrected chi connectivity index (χ3v) is 4.83. The van der Waals surface area contributed by atoms with E-state index in [1.807, 2.05) is 43.9 Å². The van der Waals surface area contributed by atoms with Gasteiger partial charge in [-0.25, -0.2) is 0 Å². The van der Waals surface area contributed by atoms with Crippen LogP contribution < -0.4 is 14.8 Å². The normalized spacial score (nSPS) is 19.3. The molecule has 2 aliphatic rings. The highest BCUT2D eigenvalue weighted by Crippen LogP contribution is 2.38. The van der Waals surface area contributed by atoms with Crippen LogP contribution in [0.4, 0.5) is 0 Å². The summed E-state index contributed by atoms with van der Waals surface area (Å²) in [5.41, 5.74) is 0.642.